The second-order valence-electron chi connectivity index (χ2n) is 1.72. The third kappa shape index (κ3) is 1.91. The molecule has 0 spiro atoms. The minimum Gasteiger partial charge on any atom is -0.298 e. The third-order valence-electron chi connectivity index (χ3n) is 1.07. The number of carbonyl (C=O) groups excluding carboxylic acids is 1. The summed E-state index contributed by atoms with van der Waals surface area (Å²) in [6, 6.07) is 0. The van der Waals surface area contributed by atoms with E-state index in [9.17, 15) is 4.79 Å². The van der Waals surface area contributed by atoms with Crippen LogP contribution >= 0.6 is 23.4 Å². The molecule has 0 fully saturated rings. The van der Waals surface area contributed by atoms with Gasteiger partial charge < -0.3 is 0 Å². The van der Waals surface area contributed by atoms with Crippen molar-refractivity contribution in [3.63, 3.8) is 0 Å². The van der Waals surface area contributed by atoms with Crippen LogP contribution in [0.4, 0.5) is 0 Å². The van der Waals surface area contributed by atoms with E-state index >= 15 is 0 Å². The van der Waals surface area contributed by atoms with Crippen molar-refractivity contribution in [2.45, 2.75) is 5.03 Å². The van der Waals surface area contributed by atoms with Crippen molar-refractivity contribution < 1.29 is 4.79 Å². The molecule has 58 valence electrons. The Bertz CT molecular complexity index is 279. The molecule has 0 saturated heterocycles. The number of thioether (sulfide) groups is 1. The van der Waals surface area contributed by atoms with Gasteiger partial charge in [0.1, 0.15) is 5.03 Å². The summed E-state index contributed by atoms with van der Waals surface area (Å²) in [7, 11) is 0. The molecule has 11 heavy (non-hydrogen) atoms. The topological polar surface area (TPSA) is 42.9 Å². The Balaban J connectivity index is 3.16. The lowest BCUT2D eigenvalue weighted by Gasteiger charge is -1.97. The summed E-state index contributed by atoms with van der Waals surface area (Å²) in [5.41, 5.74) is 0.474. The lowest BCUT2D eigenvalue weighted by Crippen LogP contribution is -1.91. The summed E-state index contributed by atoms with van der Waals surface area (Å²) in [6.07, 6.45) is 3.95. The molecule has 0 saturated carbocycles. The van der Waals surface area contributed by atoms with E-state index in [1.165, 1.54) is 18.0 Å². The number of nitrogens with zero attached hydrogens (tertiary/aromatic N) is 2. The maximum absolute atomic E-state index is 10.4. The molecule has 5 heteroatoms. The average Bonchev–Trinajstić information content (AvgIpc) is 2.04. The van der Waals surface area contributed by atoms with Crippen LogP contribution in [-0.4, -0.2) is 22.5 Å². The molecule has 0 aliphatic rings. The van der Waals surface area contributed by atoms with Crippen LogP contribution < -0.4 is 0 Å². The second-order valence-corrected chi connectivity index (χ2v) is 2.85. The zero-order valence-electron chi connectivity index (χ0n) is 5.74. The number of hydrogen-bond acceptors (Lipinski definition) is 4. The van der Waals surface area contributed by atoms with E-state index in [2.05, 4.69) is 9.97 Å². The first kappa shape index (κ1) is 8.49. The van der Waals surface area contributed by atoms with Gasteiger partial charge in [-0.3, -0.25) is 4.79 Å². The van der Waals surface area contributed by atoms with Gasteiger partial charge >= 0.3 is 0 Å². The third-order valence-corrected chi connectivity index (χ3v) is 1.97. The van der Waals surface area contributed by atoms with E-state index in [1.54, 1.807) is 0 Å². The molecular weight excluding hydrogens is 184 g/mol. The van der Waals surface area contributed by atoms with E-state index < -0.39 is 0 Å². The van der Waals surface area contributed by atoms with Crippen molar-refractivity contribution in [2.75, 3.05) is 6.26 Å². The van der Waals surface area contributed by atoms with Crippen LogP contribution in [0.25, 0.3) is 0 Å². The van der Waals surface area contributed by atoms with Gasteiger partial charge in [-0.1, -0.05) is 0 Å². The minimum absolute atomic E-state index is 0.167. The number of halogens is 1. The molecule has 0 aliphatic carbocycles. The molecule has 1 aromatic heterocycles. The maximum atomic E-state index is 10.4. The molecule has 0 aliphatic heterocycles. The van der Waals surface area contributed by atoms with E-state index in [4.69, 9.17) is 11.6 Å². The smallest absolute Gasteiger partial charge is 0.223 e. The Morgan fingerprint density at radius 3 is 3.00 bits per heavy atom. The second kappa shape index (κ2) is 3.69. The minimum atomic E-state index is 0.167. The van der Waals surface area contributed by atoms with Crippen molar-refractivity contribution in [3.8, 4) is 0 Å². The highest BCUT2D eigenvalue weighted by atomic mass is 35.5. The van der Waals surface area contributed by atoms with Gasteiger partial charge in [0.25, 0.3) is 0 Å². The highest BCUT2D eigenvalue weighted by Crippen LogP contribution is 2.16. The lowest BCUT2D eigenvalue weighted by molar-refractivity contribution is 0.112. The quantitative estimate of drug-likeness (QED) is 0.307. The number of aldehydes is 1. The molecule has 0 N–H and O–H groups in total. The molecule has 0 aromatic carbocycles. The van der Waals surface area contributed by atoms with E-state index in [1.807, 2.05) is 6.26 Å². The van der Waals surface area contributed by atoms with E-state index in [-0.39, 0.29) is 5.28 Å². The fourth-order valence-electron chi connectivity index (χ4n) is 0.600. The van der Waals surface area contributed by atoms with Crippen molar-refractivity contribution in [3.05, 3.63) is 17.0 Å². The zero-order valence-corrected chi connectivity index (χ0v) is 7.32. The van der Waals surface area contributed by atoms with Gasteiger partial charge in [-0.2, -0.15) is 0 Å². The van der Waals surface area contributed by atoms with Crippen LogP contribution in [-0.2, 0) is 0 Å². The highest BCUT2D eigenvalue weighted by Gasteiger charge is 2.02. The SMILES string of the molecule is CSc1nc(Cl)ncc1C=O. The first-order valence-electron chi connectivity index (χ1n) is 2.79. The molecule has 0 unspecified atom stereocenters. The lowest BCUT2D eigenvalue weighted by atomic mass is 10.4. The predicted molar refractivity (Wildman–Crippen MR) is 44.2 cm³/mol. The number of aromatic nitrogens is 2. The summed E-state index contributed by atoms with van der Waals surface area (Å²) in [5, 5.41) is 0.778. The van der Waals surface area contributed by atoms with Crippen LogP contribution in [0.1, 0.15) is 10.4 Å². The van der Waals surface area contributed by atoms with E-state index in [0.717, 1.165) is 0 Å². The Labute approximate surface area is 73.2 Å². The zero-order chi connectivity index (χ0) is 8.27. The Morgan fingerprint density at radius 2 is 2.45 bits per heavy atom. The Morgan fingerprint density at radius 1 is 1.73 bits per heavy atom. The fourth-order valence-corrected chi connectivity index (χ4v) is 1.30. The molecule has 0 amide bonds. The average molecular weight is 189 g/mol. The van der Waals surface area contributed by atoms with Gasteiger partial charge in [0, 0.05) is 6.20 Å². The van der Waals surface area contributed by atoms with Gasteiger partial charge in [-0.25, -0.2) is 9.97 Å². The molecule has 0 bridgehead atoms. The van der Waals surface area contributed by atoms with Gasteiger partial charge in [0.15, 0.2) is 6.29 Å². The fraction of sp³-hybridized carbons (Fsp3) is 0.167. The van der Waals surface area contributed by atoms with Crippen molar-refractivity contribution >= 4 is 29.6 Å². The first-order valence-corrected chi connectivity index (χ1v) is 4.40. The predicted octanol–water partition coefficient (Wildman–Crippen LogP) is 1.66. The molecular formula is C6H5ClN2OS. The summed E-state index contributed by atoms with van der Waals surface area (Å²) in [4.78, 5) is 17.9. The van der Waals surface area contributed by atoms with Crippen molar-refractivity contribution in [2.24, 2.45) is 0 Å². The monoisotopic (exact) mass is 188 g/mol. The van der Waals surface area contributed by atoms with Gasteiger partial charge in [-0.05, 0) is 17.9 Å². The largest absolute Gasteiger partial charge is 0.298 e. The van der Waals surface area contributed by atoms with Gasteiger partial charge in [0.05, 0.1) is 5.56 Å². The first-order chi connectivity index (χ1) is 5.27. The van der Waals surface area contributed by atoms with Crippen LogP contribution in [0.15, 0.2) is 11.2 Å². The Kier molecular flexibility index (Phi) is 2.84. The van der Waals surface area contributed by atoms with Crippen LogP contribution in [0.3, 0.4) is 0 Å². The normalized spacial score (nSPS) is 9.64. The molecule has 0 atom stereocenters. The number of carbonyl (C=O) groups is 1. The summed E-state index contributed by atoms with van der Waals surface area (Å²) < 4.78 is 0. The van der Waals surface area contributed by atoms with Crippen LogP contribution in [0.5, 0.6) is 0 Å². The van der Waals surface area contributed by atoms with Crippen LogP contribution in [0, 0.1) is 0 Å². The molecule has 1 aromatic rings. The van der Waals surface area contributed by atoms with E-state index in [0.29, 0.717) is 16.9 Å². The summed E-state index contributed by atoms with van der Waals surface area (Å²) in [5.74, 6) is 0. The van der Waals surface area contributed by atoms with Crippen LogP contribution in [0.2, 0.25) is 5.28 Å². The molecule has 1 rings (SSSR count). The Hall–Kier alpha value is -0.610. The molecule has 3 nitrogen and oxygen atoms in total. The maximum Gasteiger partial charge on any atom is 0.223 e. The molecule has 1 heterocycles. The summed E-state index contributed by atoms with van der Waals surface area (Å²) in [6.45, 7) is 0. The van der Waals surface area contributed by atoms with Crippen molar-refractivity contribution in [1.82, 2.24) is 9.97 Å². The van der Waals surface area contributed by atoms with Gasteiger partial charge in [0.2, 0.25) is 5.28 Å². The number of rotatable bonds is 2. The highest BCUT2D eigenvalue weighted by molar-refractivity contribution is 7.98. The molecule has 0 radical (unpaired) electrons. The van der Waals surface area contributed by atoms with Crippen molar-refractivity contribution in [1.29, 1.82) is 0 Å². The summed E-state index contributed by atoms with van der Waals surface area (Å²) >= 11 is 6.87. The van der Waals surface area contributed by atoms with Gasteiger partial charge in [-0.15, -0.1) is 11.8 Å². The standard InChI is InChI=1S/C6H5ClN2OS/c1-11-5-4(3-10)2-8-6(7)9-5/h2-3H,1H3. The number of hydrogen-bond donors (Lipinski definition) is 0.